The number of esters is 1. The van der Waals surface area contributed by atoms with Crippen LogP contribution in [-0.4, -0.2) is 72.5 Å². The predicted octanol–water partition coefficient (Wildman–Crippen LogP) is 2.61. The summed E-state index contributed by atoms with van der Waals surface area (Å²) in [6, 6.07) is 10.3. The van der Waals surface area contributed by atoms with Crippen molar-refractivity contribution in [3.8, 4) is 0 Å². The summed E-state index contributed by atoms with van der Waals surface area (Å²) >= 11 is 0. The minimum Gasteiger partial charge on any atom is -0.452 e. The van der Waals surface area contributed by atoms with E-state index in [2.05, 4.69) is 0 Å². The van der Waals surface area contributed by atoms with E-state index in [1.807, 2.05) is 9.80 Å². The lowest BCUT2D eigenvalue weighted by Crippen LogP contribution is -2.49. The summed E-state index contributed by atoms with van der Waals surface area (Å²) < 4.78 is 5.27. The fraction of sp³-hybridized carbons (Fsp3) is 0.391. The van der Waals surface area contributed by atoms with Crippen molar-refractivity contribution in [2.24, 2.45) is 0 Å². The van der Waals surface area contributed by atoms with Crippen molar-refractivity contribution in [1.82, 2.24) is 4.90 Å². The average molecular weight is 483 g/mol. The first kappa shape index (κ1) is 23.9. The van der Waals surface area contributed by atoms with Crippen molar-refractivity contribution in [3.63, 3.8) is 0 Å². The van der Waals surface area contributed by atoms with Gasteiger partial charge in [-0.1, -0.05) is 0 Å². The first-order valence-corrected chi connectivity index (χ1v) is 11.3. The van der Waals surface area contributed by atoms with Gasteiger partial charge in [0, 0.05) is 69.2 Å². The highest BCUT2D eigenvalue weighted by Crippen LogP contribution is 2.29. The molecule has 0 aromatic heterocycles. The topological polar surface area (TPSA) is 139 Å². The number of non-ortho nitro benzene ring substituents is 2. The van der Waals surface area contributed by atoms with Crippen LogP contribution in [0, 0.1) is 20.2 Å². The molecule has 12 nitrogen and oxygen atoms in total. The quantitative estimate of drug-likeness (QED) is 0.330. The highest BCUT2D eigenvalue weighted by Gasteiger charge is 2.26. The Kier molecular flexibility index (Phi) is 7.09. The molecule has 0 spiro atoms. The van der Waals surface area contributed by atoms with Crippen molar-refractivity contribution < 1.29 is 24.2 Å². The third kappa shape index (κ3) is 5.48. The lowest BCUT2D eigenvalue weighted by atomic mass is 10.1. The maximum atomic E-state index is 12.8. The predicted molar refractivity (Wildman–Crippen MR) is 127 cm³/mol. The molecule has 0 unspecified atom stereocenters. The molecule has 2 aromatic carbocycles. The molecule has 35 heavy (non-hydrogen) atoms. The zero-order valence-electron chi connectivity index (χ0n) is 19.0. The molecule has 2 aliphatic heterocycles. The number of nitrogens with zero attached hydrogens (tertiary/aromatic N) is 5. The summed E-state index contributed by atoms with van der Waals surface area (Å²) in [5.41, 5.74) is 1.28. The Morgan fingerprint density at radius 1 is 0.800 bits per heavy atom. The molecule has 0 saturated carbocycles. The molecule has 2 saturated heterocycles. The third-order valence-electron chi connectivity index (χ3n) is 6.24. The van der Waals surface area contributed by atoms with Crippen LogP contribution >= 0.6 is 0 Å². The van der Waals surface area contributed by atoms with Gasteiger partial charge >= 0.3 is 5.97 Å². The number of anilines is 2. The van der Waals surface area contributed by atoms with Crippen LogP contribution in [0.25, 0.3) is 0 Å². The Labute approximate surface area is 201 Å². The second-order valence-electron chi connectivity index (χ2n) is 8.37. The Hall–Kier alpha value is -4.22. The van der Waals surface area contributed by atoms with E-state index in [-0.39, 0.29) is 22.8 Å². The third-order valence-corrected chi connectivity index (χ3v) is 6.24. The van der Waals surface area contributed by atoms with Gasteiger partial charge in [-0.3, -0.25) is 25.0 Å². The van der Waals surface area contributed by atoms with E-state index in [1.54, 1.807) is 23.1 Å². The van der Waals surface area contributed by atoms with Crippen molar-refractivity contribution in [3.05, 3.63) is 68.3 Å². The summed E-state index contributed by atoms with van der Waals surface area (Å²) in [6.07, 6.45) is 1.94. The number of piperazine rings is 1. The SMILES string of the molecule is O=C(OCC(=O)N1CCN(c2ccc([N+](=O)[O-])cc2)CC1)c1cc([N+](=O)[O-])ccc1N1CCCC1. The molecule has 2 aromatic rings. The lowest BCUT2D eigenvalue weighted by molar-refractivity contribution is -0.385. The van der Waals surface area contributed by atoms with Gasteiger partial charge in [-0.2, -0.15) is 0 Å². The summed E-state index contributed by atoms with van der Waals surface area (Å²) in [7, 11) is 0. The number of carbonyl (C=O) groups is 2. The van der Waals surface area contributed by atoms with E-state index >= 15 is 0 Å². The number of nitro benzene ring substituents is 2. The molecule has 2 aliphatic rings. The van der Waals surface area contributed by atoms with Gasteiger partial charge in [-0.25, -0.2) is 4.79 Å². The lowest BCUT2D eigenvalue weighted by Gasteiger charge is -2.36. The van der Waals surface area contributed by atoms with Crippen LogP contribution in [0.1, 0.15) is 23.2 Å². The first-order valence-electron chi connectivity index (χ1n) is 11.3. The first-order chi connectivity index (χ1) is 16.8. The van der Waals surface area contributed by atoms with Gasteiger partial charge in [0.1, 0.15) is 0 Å². The number of carbonyl (C=O) groups excluding carboxylic acids is 2. The Bertz CT molecular complexity index is 1120. The summed E-state index contributed by atoms with van der Waals surface area (Å²) in [5.74, 6) is -1.12. The van der Waals surface area contributed by atoms with Gasteiger partial charge in [0.15, 0.2) is 6.61 Å². The zero-order valence-corrected chi connectivity index (χ0v) is 19.0. The Morgan fingerprint density at radius 2 is 1.40 bits per heavy atom. The van der Waals surface area contributed by atoms with E-state index in [0.29, 0.717) is 31.9 Å². The molecule has 4 rings (SSSR count). The molecule has 0 atom stereocenters. The van der Waals surface area contributed by atoms with Crippen molar-refractivity contribution in [1.29, 1.82) is 0 Å². The molecule has 0 N–H and O–H groups in total. The van der Waals surface area contributed by atoms with E-state index in [9.17, 15) is 29.8 Å². The molecule has 1 amide bonds. The molecule has 12 heteroatoms. The van der Waals surface area contributed by atoms with Crippen LogP contribution in [0.15, 0.2) is 42.5 Å². The number of rotatable bonds is 7. The maximum absolute atomic E-state index is 12.8. The van der Waals surface area contributed by atoms with Gasteiger partial charge in [0.2, 0.25) is 0 Å². The van der Waals surface area contributed by atoms with E-state index < -0.39 is 22.4 Å². The highest BCUT2D eigenvalue weighted by atomic mass is 16.6. The molecular formula is C23H25N5O7. The van der Waals surface area contributed by atoms with Crippen molar-refractivity contribution >= 4 is 34.6 Å². The minimum absolute atomic E-state index is 0.0148. The monoisotopic (exact) mass is 483 g/mol. The maximum Gasteiger partial charge on any atom is 0.341 e. The molecule has 184 valence electrons. The van der Waals surface area contributed by atoms with Gasteiger partial charge < -0.3 is 19.4 Å². The van der Waals surface area contributed by atoms with Gasteiger partial charge in [-0.15, -0.1) is 0 Å². The van der Waals surface area contributed by atoms with Crippen LogP contribution in [0.3, 0.4) is 0 Å². The smallest absolute Gasteiger partial charge is 0.341 e. The number of hydrogen-bond donors (Lipinski definition) is 0. The normalized spacial score (nSPS) is 15.7. The average Bonchev–Trinajstić information content (AvgIpc) is 3.41. The second-order valence-corrected chi connectivity index (χ2v) is 8.37. The Balaban J connectivity index is 1.34. The van der Waals surface area contributed by atoms with Gasteiger partial charge in [0.25, 0.3) is 17.3 Å². The summed E-state index contributed by atoms with van der Waals surface area (Å²) in [6.45, 7) is 2.90. The van der Waals surface area contributed by atoms with Crippen LogP contribution < -0.4 is 9.80 Å². The number of benzene rings is 2. The number of ether oxygens (including phenoxy) is 1. The van der Waals surface area contributed by atoms with E-state index in [1.165, 1.54) is 24.3 Å². The molecule has 2 fully saturated rings. The van der Waals surface area contributed by atoms with Crippen LogP contribution in [0.5, 0.6) is 0 Å². The standard InChI is InChI=1S/C23H25N5O7/c29-22(26-13-11-24(12-14-26)17-3-5-18(6-4-17)27(31)32)16-35-23(30)20-15-19(28(33)34)7-8-21(20)25-9-1-2-10-25/h3-8,15H,1-2,9-14,16H2. The van der Waals surface area contributed by atoms with Crippen LogP contribution in [-0.2, 0) is 9.53 Å². The molecule has 0 bridgehead atoms. The largest absolute Gasteiger partial charge is 0.452 e. The Morgan fingerprint density at radius 3 is 2.00 bits per heavy atom. The molecule has 0 aliphatic carbocycles. The minimum atomic E-state index is -0.770. The number of hydrogen-bond acceptors (Lipinski definition) is 9. The molecule has 2 heterocycles. The van der Waals surface area contributed by atoms with Gasteiger partial charge in [-0.05, 0) is 31.0 Å². The van der Waals surface area contributed by atoms with E-state index in [0.717, 1.165) is 31.6 Å². The zero-order chi connectivity index (χ0) is 24.9. The van der Waals surface area contributed by atoms with Gasteiger partial charge in [0.05, 0.1) is 21.1 Å². The van der Waals surface area contributed by atoms with Crippen LogP contribution in [0.4, 0.5) is 22.7 Å². The summed E-state index contributed by atoms with van der Waals surface area (Å²) in [5, 5.41) is 22.0. The van der Waals surface area contributed by atoms with E-state index in [4.69, 9.17) is 4.74 Å². The van der Waals surface area contributed by atoms with Crippen molar-refractivity contribution in [2.75, 3.05) is 55.7 Å². The van der Waals surface area contributed by atoms with Crippen LogP contribution in [0.2, 0.25) is 0 Å². The molecule has 0 radical (unpaired) electrons. The van der Waals surface area contributed by atoms with Crippen molar-refractivity contribution in [2.45, 2.75) is 12.8 Å². The number of nitro groups is 2. The second kappa shape index (κ2) is 10.4. The fourth-order valence-electron chi connectivity index (χ4n) is 4.33. The highest BCUT2D eigenvalue weighted by molar-refractivity contribution is 5.97. The fourth-order valence-corrected chi connectivity index (χ4v) is 4.33. The summed E-state index contributed by atoms with van der Waals surface area (Å²) in [4.78, 5) is 52.0. The molecular weight excluding hydrogens is 458 g/mol. The number of amides is 1.